The van der Waals surface area contributed by atoms with E-state index in [0.29, 0.717) is 16.5 Å². The molecule has 1 atom stereocenters. The standard InChI is InChI=1S/C8H7ClO3S/c9-5-3-6(13-4-5)8(10)12-7-1-2-11-7/h3-4,7H,1-2H2. The zero-order valence-electron chi connectivity index (χ0n) is 6.66. The first-order valence-electron chi connectivity index (χ1n) is 3.82. The second-order valence-electron chi connectivity index (χ2n) is 2.62. The van der Waals surface area contributed by atoms with Gasteiger partial charge in [-0.2, -0.15) is 0 Å². The van der Waals surface area contributed by atoms with Gasteiger partial charge in [-0.3, -0.25) is 0 Å². The summed E-state index contributed by atoms with van der Waals surface area (Å²) in [7, 11) is 0. The van der Waals surface area contributed by atoms with E-state index in [1.807, 2.05) is 0 Å². The van der Waals surface area contributed by atoms with E-state index in [9.17, 15) is 4.79 Å². The van der Waals surface area contributed by atoms with Crippen LogP contribution in [0.1, 0.15) is 16.1 Å². The Morgan fingerprint density at radius 3 is 3.00 bits per heavy atom. The fraction of sp³-hybridized carbons (Fsp3) is 0.375. The smallest absolute Gasteiger partial charge is 0.350 e. The Bertz CT molecular complexity index is 319. The van der Waals surface area contributed by atoms with Crippen molar-refractivity contribution in [1.82, 2.24) is 0 Å². The van der Waals surface area contributed by atoms with Crippen LogP contribution in [0.5, 0.6) is 0 Å². The molecule has 0 bridgehead atoms. The van der Waals surface area contributed by atoms with E-state index in [-0.39, 0.29) is 12.3 Å². The minimum atomic E-state index is -0.360. The molecule has 0 N–H and O–H groups in total. The second-order valence-corrected chi connectivity index (χ2v) is 3.97. The Labute approximate surface area is 84.2 Å². The summed E-state index contributed by atoms with van der Waals surface area (Å²) in [6.07, 6.45) is 0.429. The van der Waals surface area contributed by atoms with Crippen LogP contribution in [0.4, 0.5) is 0 Å². The molecule has 1 unspecified atom stereocenters. The van der Waals surface area contributed by atoms with Crippen LogP contribution in [-0.2, 0) is 9.47 Å². The number of ether oxygens (including phenoxy) is 2. The van der Waals surface area contributed by atoms with Crippen LogP contribution in [0, 0.1) is 0 Å². The predicted octanol–water partition coefficient (Wildman–Crippen LogP) is 2.30. The van der Waals surface area contributed by atoms with E-state index in [1.54, 1.807) is 11.4 Å². The number of esters is 1. The van der Waals surface area contributed by atoms with Crippen molar-refractivity contribution in [2.75, 3.05) is 6.61 Å². The molecular formula is C8H7ClO3S. The first-order valence-corrected chi connectivity index (χ1v) is 5.08. The first kappa shape index (κ1) is 8.99. The van der Waals surface area contributed by atoms with Crippen LogP contribution in [0.15, 0.2) is 11.4 Å². The molecule has 1 aliphatic heterocycles. The second kappa shape index (κ2) is 3.65. The van der Waals surface area contributed by atoms with Crippen molar-refractivity contribution in [2.24, 2.45) is 0 Å². The van der Waals surface area contributed by atoms with Crippen LogP contribution < -0.4 is 0 Å². The van der Waals surface area contributed by atoms with Gasteiger partial charge in [0.05, 0.1) is 11.6 Å². The SMILES string of the molecule is O=C(OC1CCO1)c1cc(Cl)cs1. The lowest BCUT2D eigenvalue weighted by molar-refractivity contribution is -0.184. The normalized spacial score (nSPS) is 20.8. The Balaban J connectivity index is 1.96. The molecule has 0 radical (unpaired) electrons. The number of thiophene rings is 1. The molecule has 0 spiro atoms. The Morgan fingerprint density at radius 2 is 2.54 bits per heavy atom. The topological polar surface area (TPSA) is 35.5 Å². The van der Waals surface area contributed by atoms with Crippen molar-refractivity contribution in [3.63, 3.8) is 0 Å². The molecule has 5 heteroatoms. The van der Waals surface area contributed by atoms with Crippen LogP contribution in [-0.4, -0.2) is 18.9 Å². The third-order valence-electron chi connectivity index (χ3n) is 1.66. The van der Waals surface area contributed by atoms with Gasteiger partial charge in [-0.1, -0.05) is 11.6 Å². The van der Waals surface area contributed by atoms with Crippen molar-refractivity contribution < 1.29 is 14.3 Å². The highest BCUT2D eigenvalue weighted by Gasteiger charge is 2.23. The molecule has 0 aromatic carbocycles. The van der Waals surface area contributed by atoms with E-state index in [1.165, 1.54) is 11.3 Å². The lowest BCUT2D eigenvalue weighted by atomic mass is 10.3. The lowest BCUT2D eigenvalue weighted by Gasteiger charge is -2.25. The summed E-state index contributed by atoms with van der Waals surface area (Å²) in [4.78, 5) is 11.8. The molecule has 13 heavy (non-hydrogen) atoms. The Morgan fingerprint density at radius 1 is 1.77 bits per heavy atom. The van der Waals surface area contributed by atoms with Gasteiger partial charge in [0.1, 0.15) is 4.88 Å². The maximum atomic E-state index is 11.3. The predicted molar refractivity (Wildman–Crippen MR) is 49.1 cm³/mol. The summed E-state index contributed by atoms with van der Waals surface area (Å²) in [6.45, 7) is 0.670. The third kappa shape index (κ3) is 2.02. The van der Waals surface area contributed by atoms with Crippen molar-refractivity contribution in [3.8, 4) is 0 Å². The van der Waals surface area contributed by atoms with Gasteiger partial charge in [0.2, 0.25) is 6.29 Å². The number of hydrogen-bond donors (Lipinski definition) is 0. The van der Waals surface area contributed by atoms with Crippen LogP contribution in [0.2, 0.25) is 5.02 Å². The zero-order valence-corrected chi connectivity index (χ0v) is 8.23. The van der Waals surface area contributed by atoms with E-state index < -0.39 is 0 Å². The maximum absolute atomic E-state index is 11.3. The van der Waals surface area contributed by atoms with Crippen LogP contribution in [0.25, 0.3) is 0 Å². The molecule has 1 aromatic rings. The average molecular weight is 219 g/mol. The highest BCUT2D eigenvalue weighted by Crippen LogP contribution is 2.22. The summed E-state index contributed by atoms with van der Waals surface area (Å²) >= 11 is 6.93. The molecule has 1 aliphatic rings. The van der Waals surface area contributed by atoms with Crippen molar-refractivity contribution in [3.05, 3.63) is 21.3 Å². The maximum Gasteiger partial charge on any atom is 0.350 e. The quantitative estimate of drug-likeness (QED) is 0.715. The van der Waals surface area contributed by atoms with Crippen LogP contribution in [0.3, 0.4) is 0 Å². The fourth-order valence-electron chi connectivity index (χ4n) is 0.905. The van der Waals surface area contributed by atoms with Gasteiger partial charge in [0.15, 0.2) is 0 Å². The third-order valence-corrected chi connectivity index (χ3v) is 2.92. The molecule has 0 aliphatic carbocycles. The van der Waals surface area contributed by atoms with E-state index in [2.05, 4.69) is 0 Å². The van der Waals surface area contributed by atoms with Gasteiger partial charge in [0.25, 0.3) is 0 Å². The molecule has 1 fully saturated rings. The van der Waals surface area contributed by atoms with Gasteiger partial charge in [-0.25, -0.2) is 4.79 Å². The van der Waals surface area contributed by atoms with E-state index in [4.69, 9.17) is 21.1 Å². The van der Waals surface area contributed by atoms with Crippen molar-refractivity contribution >= 4 is 28.9 Å². The van der Waals surface area contributed by atoms with Gasteiger partial charge >= 0.3 is 5.97 Å². The van der Waals surface area contributed by atoms with Gasteiger partial charge in [-0.15, -0.1) is 11.3 Å². The fourth-order valence-corrected chi connectivity index (χ4v) is 1.86. The summed E-state index contributed by atoms with van der Waals surface area (Å²) in [5, 5.41) is 2.26. The first-order chi connectivity index (χ1) is 6.25. The minimum Gasteiger partial charge on any atom is -0.431 e. The molecule has 0 saturated carbocycles. The number of carbonyl (C=O) groups excluding carboxylic acids is 1. The lowest BCUT2D eigenvalue weighted by Crippen LogP contribution is -2.31. The summed E-state index contributed by atoms with van der Waals surface area (Å²) in [5.41, 5.74) is 0. The average Bonchev–Trinajstić information content (AvgIpc) is 2.44. The number of hydrogen-bond acceptors (Lipinski definition) is 4. The highest BCUT2D eigenvalue weighted by molar-refractivity contribution is 7.12. The Hall–Kier alpha value is -0.580. The van der Waals surface area contributed by atoms with Crippen molar-refractivity contribution in [2.45, 2.75) is 12.7 Å². The van der Waals surface area contributed by atoms with E-state index >= 15 is 0 Å². The molecule has 1 saturated heterocycles. The number of rotatable bonds is 2. The molecule has 1 aromatic heterocycles. The monoisotopic (exact) mass is 218 g/mol. The number of carbonyl (C=O) groups is 1. The van der Waals surface area contributed by atoms with Gasteiger partial charge in [0, 0.05) is 11.8 Å². The summed E-state index contributed by atoms with van der Waals surface area (Å²) in [6, 6.07) is 1.59. The molecule has 70 valence electrons. The summed E-state index contributed by atoms with van der Waals surface area (Å²) in [5.74, 6) is -0.360. The molecular weight excluding hydrogens is 212 g/mol. The Kier molecular flexibility index (Phi) is 2.53. The largest absolute Gasteiger partial charge is 0.431 e. The molecule has 2 rings (SSSR count). The number of halogens is 1. The zero-order chi connectivity index (χ0) is 9.26. The van der Waals surface area contributed by atoms with Gasteiger partial charge < -0.3 is 9.47 Å². The van der Waals surface area contributed by atoms with Crippen LogP contribution >= 0.6 is 22.9 Å². The molecule has 3 nitrogen and oxygen atoms in total. The van der Waals surface area contributed by atoms with Crippen molar-refractivity contribution in [1.29, 1.82) is 0 Å². The highest BCUT2D eigenvalue weighted by atomic mass is 35.5. The van der Waals surface area contributed by atoms with Gasteiger partial charge in [-0.05, 0) is 6.07 Å². The molecule has 2 heterocycles. The van der Waals surface area contributed by atoms with E-state index in [0.717, 1.165) is 6.42 Å². The minimum absolute atomic E-state index is 0.353. The summed E-state index contributed by atoms with van der Waals surface area (Å²) < 4.78 is 9.93. The molecule has 0 amide bonds.